The van der Waals surface area contributed by atoms with Crippen molar-refractivity contribution in [3.63, 3.8) is 0 Å². The molecule has 0 heterocycles. The lowest BCUT2D eigenvalue weighted by atomic mass is 10.1. The normalized spacial score (nSPS) is 10.1. The van der Waals surface area contributed by atoms with Gasteiger partial charge in [0, 0.05) is 5.56 Å². The number of carboxylic acids is 1. The van der Waals surface area contributed by atoms with Gasteiger partial charge in [0.15, 0.2) is 0 Å². The SMILES string of the molecule is O=C(Nc1c(F)cccc1C(=O)O)c1cccc(O)c1. The number of carbonyl (C=O) groups is 2. The van der Waals surface area contributed by atoms with Gasteiger partial charge < -0.3 is 15.5 Å². The van der Waals surface area contributed by atoms with Gasteiger partial charge in [0.1, 0.15) is 11.6 Å². The third-order valence-corrected chi connectivity index (χ3v) is 2.59. The zero-order valence-corrected chi connectivity index (χ0v) is 10.1. The van der Waals surface area contributed by atoms with Gasteiger partial charge in [-0.1, -0.05) is 12.1 Å². The van der Waals surface area contributed by atoms with Crippen LogP contribution in [0.5, 0.6) is 5.75 Å². The number of aromatic carboxylic acids is 1. The van der Waals surface area contributed by atoms with Crippen LogP contribution in [0.4, 0.5) is 10.1 Å². The summed E-state index contributed by atoms with van der Waals surface area (Å²) in [5, 5.41) is 20.4. The number of phenolic OH excluding ortho intramolecular Hbond substituents is 1. The molecule has 2 aromatic carbocycles. The van der Waals surface area contributed by atoms with E-state index in [1.165, 1.54) is 36.4 Å². The summed E-state index contributed by atoms with van der Waals surface area (Å²) >= 11 is 0. The summed E-state index contributed by atoms with van der Waals surface area (Å²) in [6.45, 7) is 0. The van der Waals surface area contributed by atoms with Crippen molar-refractivity contribution in [3.05, 3.63) is 59.4 Å². The topological polar surface area (TPSA) is 86.6 Å². The number of aromatic hydroxyl groups is 1. The molecule has 2 aromatic rings. The fourth-order valence-corrected chi connectivity index (χ4v) is 1.66. The molecule has 0 aliphatic heterocycles. The van der Waals surface area contributed by atoms with E-state index in [-0.39, 0.29) is 16.9 Å². The third kappa shape index (κ3) is 2.74. The number of hydrogen-bond donors (Lipinski definition) is 3. The highest BCUT2D eigenvalue weighted by Gasteiger charge is 2.17. The Morgan fingerprint density at radius 2 is 1.80 bits per heavy atom. The summed E-state index contributed by atoms with van der Waals surface area (Å²) < 4.78 is 13.6. The van der Waals surface area contributed by atoms with Crippen LogP contribution in [0, 0.1) is 5.82 Å². The lowest BCUT2D eigenvalue weighted by Crippen LogP contribution is -2.16. The van der Waals surface area contributed by atoms with Crippen molar-refractivity contribution in [2.24, 2.45) is 0 Å². The molecule has 6 heteroatoms. The number of para-hydroxylation sites is 1. The second-order valence-corrected chi connectivity index (χ2v) is 3.97. The van der Waals surface area contributed by atoms with Gasteiger partial charge in [-0.3, -0.25) is 4.79 Å². The summed E-state index contributed by atoms with van der Waals surface area (Å²) in [5.74, 6) is -3.03. The minimum atomic E-state index is -1.35. The van der Waals surface area contributed by atoms with Gasteiger partial charge in [-0.2, -0.15) is 0 Å². The molecule has 20 heavy (non-hydrogen) atoms. The van der Waals surface area contributed by atoms with E-state index >= 15 is 0 Å². The number of anilines is 1. The average Bonchev–Trinajstić information content (AvgIpc) is 2.40. The van der Waals surface area contributed by atoms with E-state index in [1.807, 2.05) is 0 Å². The number of carbonyl (C=O) groups excluding carboxylic acids is 1. The molecule has 1 amide bonds. The zero-order valence-electron chi connectivity index (χ0n) is 10.1. The molecule has 0 unspecified atom stereocenters. The second-order valence-electron chi connectivity index (χ2n) is 3.97. The van der Waals surface area contributed by atoms with Crippen LogP contribution in [0.2, 0.25) is 0 Å². The standard InChI is InChI=1S/C14H10FNO4/c15-11-6-2-5-10(14(19)20)12(11)16-13(18)8-3-1-4-9(17)7-8/h1-7,17H,(H,16,18)(H,19,20). The maximum atomic E-state index is 13.6. The van der Waals surface area contributed by atoms with Crippen molar-refractivity contribution in [1.82, 2.24) is 0 Å². The molecule has 0 atom stereocenters. The molecule has 3 N–H and O–H groups in total. The van der Waals surface area contributed by atoms with Gasteiger partial charge in [0.25, 0.3) is 5.91 Å². The van der Waals surface area contributed by atoms with Crippen molar-refractivity contribution < 1.29 is 24.2 Å². The molecule has 102 valence electrons. The van der Waals surface area contributed by atoms with E-state index in [2.05, 4.69) is 5.32 Å². The van der Waals surface area contributed by atoms with E-state index in [4.69, 9.17) is 5.11 Å². The van der Waals surface area contributed by atoms with Crippen LogP contribution >= 0.6 is 0 Å². The number of carboxylic acid groups (broad SMARTS) is 1. The first-order valence-corrected chi connectivity index (χ1v) is 5.61. The predicted molar refractivity (Wildman–Crippen MR) is 69.4 cm³/mol. The Morgan fingerprint density at radius 1 is 1.10 bits per heavy atom. The van der Waals surface area contributed by atoms with Crippen LogP contribution in [-0.2, 0) is 0 Å². The van der Waals surface area contributed by atoms with Crippen molar-refractivity contribution in [3.8, 4) is 5.75 Å². The zero-order chi connectivity index (χ0) is 14.7. The third-order valence-electron chi connectivity index (χ3n) is 2.59. The number of phenols is 1. The highest BCUT2D eigenvalue weighted by Crippen LogP contribution is 2.21. The molecule has 0 aliphatic rings. The Balaban J connectivity index is 2.35. The maximum absolute atomic E-state index is 13.6. The molecule has 2 rings (SSSR count). The lowest BCUT2D eigenvalue weighted by molar-refractivity contribution is 0.0697. The van der Waals surface area contributed by atoms with E-state index < -0.39 is 23.4 Å². The number of hydrogen-bond acceptors (Lipinski definition) is 3. The summed E-state index contributed by atoms with van der Waals surface area (Å²) in [6.07, 6.45) is 0. The van der Waals surface area contributed by atoms with Crippen LogP contribution in [0.25, 0.3) is 0 Å². The monoisotopic (exact) mass is 275 g/mol. The van der Waals surface area contributed by atoms with Crippen molar-refractivity contribution >= 4 is 17.6 Å². The fraction of sp³-hybridized carbons (Fsp3) is 0. The molecule has 0 aliphatic carbocycles. The first-order chi connectivity index (χ1) is 9.49. The Kier molecular flexibility index (Phi) is 3.65. The number of halogens is 1. The number of rotatable bonds is 3. The number of benzene rings is 2. The van der Waals surface area contributed by atoms with Gasteiger partial charge >= 0.3 is 5.97 Å². The van der Waals surface area contributed by atoms with E-state index in [0.29, 0.717) is 0 Å². The summed E-state index contributed by atoms with van der Waals surface area (Å²) in [4.78, 5) is 22.9. The molecular weight excluding hydrogens is 265 g/mol. The maximum Gasteiger partial charge on any atom is 0.337 e. The van der Waals surface area contributed by atoms with Gasteiger partial charge in [-0.25, -0.2) is 9.18 Å². The van der Waals surface area contributed by atoms with Crippen LogP contribution in [0.1, 0.15) is 20.7 Å². The first kappa shape index (κ1) is 13.5. The highest BCUT2D eigenvalue weighted by molar-refractivity contribution is 6.08. The molecule has 0 spiro atoms. The predicted octanol–water partition coefficient (Wildman–Crippen LogP) is 2.48. The quantitative estimate of drug-likeness (QED) is 0.803. The molecule has 0 radical (unpaired) electrons. The lowest BCUT2D eigenvalue weighted by Gasteiger charge is -2.09. The van der Waals surface area contributed by atoms with Crippen molar-refractivity contribution in [2.45, 2.75) is 0 Å². The van der Waals surface area contributed by atoms with Gasteiger partial charge in [0.2, 0.25) is 0 Å². The van der Waals surface area contributed by atoms with Crippen LogP contribution < -0.4 is 5.32 Å². The highest BCUT2D eigenvalue weighted by atomic mass is 19.1. The molecule has 0 fully saturated rings. The van der Waals surface area contributed by atoms with E-state index in [1.54, 1.807) is 0 Å². The summed E-state index contributed by atoms with van der Waals surface area (Å²) in [6, 6.07) is 8.90. The smallest absolute Gasteiger partial charge is 0.337 e. The minimum Gasteiger partial charge on any atom is -0.508 e. The van der Waals surface area contributed by atoms with E-state index in [0.717, 1.165) is 6.07 Å². The second kappa shape index (κ2) is 5.40. The van der Waals surface area contributed by atoms with Gasteiger partial charge in [0.05, 0.1) is 11.3 Å². The molecular formula is C14H10FNO4. The van der Waals surface area contributed by atoms with Gasteiger partial charge in [-0.15, -0.1) is 0 Å². The number of amides is 1. The average molecular weight is 275 g/mol. The molecule has 0 aromatic heterocycles. The number of nitrogens with one attached hydrogen (secondary N) is 1. The first-order valence-electron chi connectivity index (χ1n) is 5.61. The van der Waals surface area contributed by atoms with E-state index in [9.17, 15) is 19.1 Å². The molecule has 5 nitrogen and oxygen atoms in total. The largest absolute Gasteiger partial charge is 0.508 e. The minimum absolute atomic E-state index is 0.0876. The van der Waals surface area contributed by atoms with Gasteiger partial charge in [-0.05, 0) is 30.3 Å². The molecule has 0 saturated carbocycles. The van der Waals surface area contributed by atoms with Crippen molar-refractivity contribution in [2.75, 3.05) is 5.32 Å². The van der Waals surface area contributed by atoms with Crippen LogP contribution in [-0.4, -0.2) is 22.1 Å². The Bertz CT molecular complexity index is 685. The Labute approximate surface area is 113 Å². The summed E-state index contributed by atoms with van der Waals surface area (Å²) in [7, 11) is 0. The Morgan fingerprint density at radius 3 is 2.45 bits per heavy atom. The molecule has 0 saturated heterocycles. The summed E-state index contributed by atoms with van der Waals surface area (Å²) in [5.41, 5.74) is -0.670. The Hall–Kier alpha value is -2.89. The molecule has 0 bridgehead atoms. The fourth-order valence-electron chi connectivity index (χ4n) is 1.66. The van der Waals surface area contributed by atoms with Crippen LogP contribution in [0.15, 0.2) is 42.5 Å². The van der Waals surface area contributed by atoms with Crippen LogP contribution in [0.3, 0.4) is 0 Å². The van der Waals surface area contributed by atoms with Crippen molar-refractivity contribution in [1.29, 1.82) is 0 Å².